The van der Waals surface area contributed by atoms with Crippen molar-refractivity contribution in [3.8, 4) is 0 Å². The fraction of sp³-hybridized carbons (Fsp3) is 0.471. The third-order valence-corrected chi connectivity index (χ3v) is 4.57. The van der Waals surface area contributed by atoms with Crippen molar-refractivity contribution in [2.24, 2.45) is 17.0 Å². The average molecular weight is 315 g/mol. The van der Waals surface area contributed by atoms with E-state index in [1.165, 1.54) is 19.4 Å². The second kappa shape index (κ2) is 4.81. The number of carbonyl (C=O) groups excluding carboxylic acids is 2. The van der Waals surface area contributed by atoms with Gasteiger partial charge in [0.15, 0.2) is 12.0 Å². The molecule has 1 aliphatic carbocycles. The normalized spacial score (nSPS) is 28.9. The Balaban J connectivity index is 1.62. The molecule has 0 radical (unpaired) electrons. The predicted octanol–water partition coefficient (Wildman–Crippen LogP) is 1.80. The number of cyclic esters (lactones) is 2. The number of esters is 2. The first kappa shape index (κ1) is 14.2. The number of aryl methyl sites for hydroxylation is 1. The van der Waals surface area contributed by atoms with Crippen LogP contribution < -0.4 is 0 Å². The Morgan fingerprint density at radius 3 is 2.57 bits per heavy atom. The summed E-state index contributed by atoms with van der Waals surface area (Å²) >= 11 is 0. The van der Waals surface area contributed by atoms with E-state index in [1.54, 1.807) is 0 Å². The molecule has 120 valence electrons. The maximum Gasteiger partial charge on any atom is 0.327 e. The molecule has 0 saturated carbocycles. The Kier molecular flexibility index (Phi) is 2.98. The van der Waals surface area contributed by atoms with E-state index in [4.69, 9.17) is 14.3 Å². The highest BCUT2D eigenvalue weighted by Crippen LogP contribution is 2.39. The monoisotopic (exact) mass is 315 g/mol. The molecule has 0 spiro atoms. The summed E-state index contributed by atoms with van der Waals surface area (Å²) < 4.78 is 10.4. The summed E-state index contributed by atoms with van der Waals surface area (Å²) in [5.41, 5.74) is 3.05. The van der Waals surface area contributed by atoms with Gasteiger partial charge in [-0.15, -0.1) is 0 Å². The molecule has 1 aromatic rings. The third-order valence-electron chi connectivity index (χ3n) is 4.57. The minimum Gasteiger partial charge on any atom is -0.422 e. The van der Waals surface area contributed by atoms with E-state index in [9.17, 15) is 9.59 Å². The van der Waals surface area contributed by atoms with Crippen molar-refractivity contribution in [2.75, 3.05) is 0 Å². The van der Waals surface area contributed by atoms with Crippen LogP contribution in [-0.4, -0.2) is 29.5 Å². The number of carbonyl (C=O) groups is 2. The molecule has 0 aromatic heterocycles. The predicted molar refractivity (Wildman–Crippen MR) is 79.4 cm³/mol. The van der Waals surface area contributed by atoms with Crippen LogP contribution in [0.4, 0.5) is 0 Å². The maximum absolute atomic E-state index is 12.3. The van der Waals surface area contributed by atoms with Crippen molar-refractivity contribution in [3.05, 3.63) is 35.4 Å². The quantitative estimate of drug-likeness (QED) is 0.583. The molecule has 1 fully saturated rings. The minimum absolute atomic E-state index is 0.101. The van der Waals surface area contributed by atoms with Gasteiger partial charge in [-0.05, 0) is 18.4 Å². The average Bonchev–Trinajstić information content (AvgIpc) is 2.89. The van der Waals surface area contributed by atoms with E-state index in [-0.39, 0.29) is 5.92 Å². The van der Waals surface area contributed by atoms with Gasteiger partial charge in [0, 0.05) is 25.3 Å². The number of nitrogens with zero attached hydrogens (tertiary/aromatic N) is 1. The fourth-order valence-corrected chi connectivity index (χ4v) is 3.55. The largest absolute Gasteiger partial charge is 0.422 e. The zero-order chi connectivity index (χ0) is 16.2. The van der Waals surface area contributed by atoms with Crippen molar-refractivity contribution >= 4 is 17.7 Å². The van der Waals surface area contributed by atoms with Crippen LogP contribution in [0.5, 0.6) is 0 Å². The molecule has 6 nitrogen and oxygen atoms in total. The minimum atomic E-state index is -1.23. The Morgan fingerprint density at radius 1 is 1.13 bits per heavy atom. The number of rotatable bonds is 1. The van der Waals surface area contributed by atoms with Gasteiger partial charge in [-0.2, -0.15) is 0 Å². The smallest absolute Gasteiger partial charge is 0.327 e. The van der Waals surface area contributed by atoms with E-state index in [0.717, 1.165) is 24.1 Å². The summed E-state index contributed by atoms with van der Waals surface area (Å²) in [6.45, 7) is 3.07. The Bertz CT molecular complexity index is 703. The van der Waals surface area contributed by atoms with Crippen LogP contribution in [0.1, 0.15) is 31.4 Å². The molecule has 1 saturated heterocycles. The number of hydrogen-bond donors (Lipinski definition) is 0. The second-order valence-corrected chi connectivity index (χ2v) is 6.57. The van der Waals surface area contributed by atoms with Crippen molar-refractivity contribution in [1.29, 1.82) is 0 Å². The summed E-state index contributed by atoms with van der Waals surface area (Å²) in [4.78, 5) is 30.0. The first-order chi connectivity index (χ1) is 11.0. The lowest BCUT2D eigenvalue weighted by Gasteiger charge is -2.35. The van der Waals surface area contributed by atoms with E-state index < -0.39 is 29.7 Å². The molecule has 0 amide bonds. The van der Waals surface area contributed by atoms with Crippen LogP contribution >= 0.6 is 0 Å². The molecule has 1 aromatic carbocycles. The number of hydrogen-bond acceptors (Lipinski definition) is 6. The van der Waals surface area contributed by atoms with Gasteiger partial charge in [0.25, 0.3) is 5.79 Å². The summed E-state index contributed by atoms with van der Waals surface area (Å²) in [5, 5.41) is 4.16. The number of benzene rings is 1. The third kappa shape index (κ3) is 2.20. The topological polar surface area (TPSA) is 74.2 Å². The van der Waals surface area contributed by atoms with Crippen LogP contribution in [-0.2, 0) is 30.3 Å². The van der Waals surface area contributed by atoms with Gasteiger partial charge in [0.2, 0.25) is 0 Å². The first-order valence-corrected chi connectivity index (χ1v) is 7.74. The zero-order valence-electron chi connectivity index (χ0n) is 12.9. The van der Waals surface area contributed by atoms with Gasteiger partial charge in [-0.3, -0.25) is 9.59 Å². The first-order valence-electron chi connectivity index (χ1n) is 7.74. The molecule has 0 unspecified atom stereocenters. The molecular weight excluding hydrogens is 298 g/mol. The van der Waals surface area contributed by atoms with Gasteiger partial charge in [-0.1, -0.05) is 29.4 Å². The molecule has 0 N–H and O–H groups in total. The van der Waals surface area contributed by atoms with Gasteiger partial charge in [0.05, 0.1) is 5.71 Å². The molecule has 23 heavy (non-hydrogen) atoms. The maximum atomic E-state index is 12.3. The fourth-order valence-electron chi connectivity index (χ4n) is 3.55. The van der Waals surface area contributed by atoms with E-state index in [2.05, 4.69) is 11.2 Å². The Hall–Kier alpha value is -2.37. The summed E-state index contributed by atoms with van der Waals surface area (Å²) in [6, 6.07) is 7.99. The van der Waals surface area contributed by atoms with Gasteiger partial charge < -0.3 is 14.3 Å². The van der Waals surface area contributed by atoms with Crippen LogP contribution in [0.15, 0.2) is 29.4 Å². The van der Waals surface area contributed by atoms with Gasteiger partial charge in [-0.25, -0.2) is 0 Å². The van der Waals surface area contributed by atoms with Crippen molar-refractivity contribution in [1.82, 2.24) is 0 Å². The lowest BCUT2D eigenvalue weighted by Crippen LogP contribution is -2.52. The van der Waals surface area contributed by atoms with E-state index in [1.807, 2.05) is 18.2 Å². The second-order valence-electron chi connectivity index (χ2n) is 6.57. The zero-order valence-corrected chi connectivity index (χ0v) is 12.9. The summed E-state index contributed by atoms with van der Waals surface area (Å²) in [7, 11) is 0. The van der Waals surface area contributed by atoms with Gasteiger partial charge in [0.1, 0.15) is 0 Å². The van der Waals surface area contributed by atoms with Crippen LogP contribution in [0.3, 0.4) is 0 Å². The van der Waals surface area contributed by atoms with Gasteiger partial charge >= 0.3 is 11.9 Å². The highest BCUT2D eigenvalue weighted by molar-refractivity contribution is 6.06. The Labute approximate surface area is 133 Å². The molecule has 2 heterocycles. The Morgan fingerprint density at radius 2 is 1.83 bits per heavy atom. The molecule has 2 aliphatic heterocycles. The number of ether oxygens (including phenoxy) is 2. The molecule has 3 aliphatic rings. The standard InChI is InChI=1S/C17H17NO5/c1-17(2)21-15(19)12(16(20)22-17)14-11-8-7-9-5-3-4-6-10(9)13(11)18-23-14/h3-6,11-12,14H,7-8H2,1-2H3/t11-,14-/m0/s1. The van der Waals surface area contributed by atoms with E-state index in [0.29, 0.717) is 0 Å². The van der Waals surface area contributed by atoms with E-state index >= 15 is 0 Å². The molecule has 0 bridgehead atoms. The number of fused-ring (bicyclic) bond motifs is 3. The lowest BCUT2D eigenvalue weighted by molar-refractivity contribution is -0.246. The molecule has 6 heteroatoms. The molecule has 2 atom stereocenters. The molecule has 4 rings (SSSR count). The van der Waals surface area contributed by atoms with Crippen LogP contribution in [0, 0.1) is 11.8 Å². The number of oxime groups is 1. The van der Waals surface area contributed by atoms with Crippen molar-refractivity contribution in [2.45, 2.75) is 38.6 Å². The SMILES string of the molecule is CC1(C)OC(=O)C([C@H]2ON=C3c4ccccc4CC[C@@H]32)C(=O)O1. The highest BCUT2D eigenvalue weighted by atomic mass is 16.7. The van der Waals surface area contributed by atoms with Crippen molar-refractivity contribution in [3.63, 3.8) is 0 Å². The van der Waals surface area contributed by atoms with Crippen molar-refractivity contribution < 1.29 is 23.9 Å². The van der Waals surface area contributed by atoms with Crippen LogP contribution in [0.25, 0.3) is 0 Å². The molecular formula is C17H17NO5. The van der Waals surface area contributed by atoms with Crippen LogP contribution in [0.2, 0.25) is 0 Å². The summed E-state index contributed by atoms with van der Waals surface area (Å²) in [6.07, 6.45) is 0.984. The summed E-state index contributed by atoms with van der Waals surface area (Å²) in [5.74, 6) is -3.62. The lowest BCUT2D eigenvalue weighted by atomic mass is 9.76. The highest BCUT2D eigenvalue weighted by Gasteiger charge is 2.54.